The predicted molar refractivity (Wildman–Crippen MR) is 118 cm³/mol. The molecule has 0 bridgehead atoms. The van der Waals surface area contributed by atoms with Crippen molar-refractivity contribution < 1.29 is 0 Å². The zero-order chi connectivity index (χ0) is 20.1. The molecule has 3 heterocycles. The van der Waals surface area contributed by atoms with Crippen LogP contribution in [0.15, 0.2) is 36.8 Å². The molecule has 1 saturated heterocycles. The summed E-state index contributed by atoms with van der Waals surface area (Å²) in [4.78, 5) is 14.3. The Morgan fingerprint density at radius 2 is 1.79 bits per heavy atom. The van der Waals surface area contributed by atoms with Crippen molar-refractivity contribution in [1.29, 1.82) is 0 Å². The molecule has 0 atom stereocenters. The van der Waals surface area contributed by atoms with Crippen molar-refractivity contribution in [1.82, 2.24) is 24.6 Å². The van der Waals surface area contributed by atoms with Gasteiger partial charge in [0.1, 0.15) is 0 Å². The van der Waals surface area contributed by atoms with Crippen LogP contribution in [0.25, 0.3) is 22.3 Å². The lowest BCUT2D eigenvalue weighted by Crippen LogP contribution is -2.44. The van der Waals surface area contributed by atoms with E-state index in [1.165, 1.54) is 18.5 Å². The van der Waals surface area contributed by atoms with E-state index in [-0.39, 0.29) is 0 Å². The highest BCUT2D eigenvalue weighted by molar-refractivity contribution is 5.80. The summed E-state index contributed by atoms with van der Waals surface area (Å²) in [7, 11) is 2.18. The molecule has 1 aliphatic rings. The molecule has 7 nitrogen and oxygen atoms in total. The van der Waals surface area contributed by atoms with Gasteiger partial charge in [0.15, 0.2) is 0 Å². The van der Waals surface area contributed by atoms with Gasteiger partial charge in [-0.15, -0.1) is 0 Å². The minimum Gasteiger partial charge on any atom is -0.369 e. The molecule has 0 spiro atoms. The number of hydrogen-bond donors (Lipinski definition) is 1. The first-order valence-corrected chi connectivity index (χ1v) is 10.7. The van der Waals surface area contributed by atoms with Crippen molar-refractivity contribution >= 4 is 16.7 Å². The Kier molecular flexibility index (Phi) is 6.36. The van der Waals surface area contributed by atoms with Crippen molar-refractivity contribution in [3.63, 3.8) is 0 Å². The Labute approximate surface area is 172 Å². The van der Waals surface area contributed by atoms with Crippen LogP contribution < -0.4 is 10.6 Å². The second kappa shape index (κ2) is 9.33. The van der Waals surface area contributed by atoms with Crippen molar-refractivity contribution in [3.8, 4) is 11.3 Å². The van der Waals surface area contributed by atoms with Gasteiger partial charge in [0.25, 0.3) is 0 Å². The minimum absolute atomic E-state index is 0.781. The van der Waals surface area contributed by atoms with E-state index in [0.717, 1.165) is 74.4 Å². The van der Waals surface area contributed by atoms with Gasteiger partial charge in [0.2, 0.25) is 0 Å². The van der Waals surface area contributed by atoms with Crippen molar-refractivity contribution in [2.45, 2.75) is 32.2 Å². The fraction of sp³-hybridized carbons (Fsp3) is 0.500. The van der Waals surface area contributed by atoms with E-state index in [2.05, 4.69) is 51.3 Å². The normalized spacial score (nSPS) is 15.3. The second-order valence-corrected chi connectivity index (χ2v) is 7.91. The Morgan fingerprint density at radius 1 is 0.966 bits per heavy atom. The summed E-state index contributed by atoms with van der Waals surface area (Å²) in [5.74, 6) is 0. The van der Waals surface area contributed by atoms with Gasteiger partial charge >= 0.3 is 0 Å². The minimum atomic E-state index is 0.781. The number of fused-ring (bicyclic) bond motifs is 1. The van der Waals surface area contributed by atoms with E-state index in [1.807, 2.05) is 17.1 Å². The van der Waals surface area contributed by atoms with E-state index in [4.69, 9.17) is 10.7 Å². The maximum absolute atomic E-state index is 5.55. The Balaban J connectivity index is 1.46. The highest BCUT2D eigenvalue weighted by atomic mass is 15.3. The summed E-state index contributed by atoms with van der Waals surface area (Å²) in [6, 6.07) is 6.40. The number of likely N-dealkylation sites (N-methyl/N-ethyl adjacent to an activating group) is 1. The third-order valence-corrected chi connectivity index (χ3v) is 5.66. The number of nitrogens with two attached hydrogens (primary N) is 1. The summed E-state index contributed by atoms with van der Waals surface area (Å²) in [5, 5.41) is 4.50. The van der Waals surface area contributed by atoms with Gasteiger partial charge in [-0.25, -0.2) is 4.98 Å². The topological polar surface area (TPSA) is 76.1 Å². The molecule has 1 aliphatic heterocycles. The molecule has 1 aromatic carbocycles. The largest absolute Gasteiger partial charge is 0.369 e. The van der Waals surface area contributed by atoms with Crippen LogP contribution >= 0.6 is 0 Å². The van der Waals surface area contributed by atoms with Crippen molar-refractivity contribution in [3.05, 3.63) is 36.8 Å². The number of nitrogens with zero attached hydrogens (tertiary/aromatic N) is 6. The molecule has 0 saturated carbocycles. The summed E-state index contributed by atoms with van der Waals surface area (Å²) < 4.78 is 2.00. The molecule has 0 radical (unpaired) electrons. The highest BCUT2D eigenvalue weighted by Crippen LogP contribution is 2.24. The Bertz CT molecular complexity index is 928. The lowest BCUT2D eigenvalue weighted by Gasteiger charge is -2.34. The summed E-state index contributed by atoms with van der Waals surface area (Å²) in [6.45, 7) is 5.99. The van der Waals surface area contributed by atoms with Gasteiger partial charge in [0, 0.05) is 50.2 Å². The van der Waals surface area contributed by atoms with E-state index in [0.29, 0.717) is 0 Å². The van der Waals surface area contributed by atoms with E-state index in [9.17, 15) is 0 Å². The average Bonchev–Trinajstić information content (AvgIpc) is 3.22. The fourth-order valence-corrected chi connectivity index (χ4v) is 3.79. The first-order chi connectivity index (χ1) is 14.2. The van der Waals surface area contributed by atoms with Crippen LogP contribution in [0.1, 0.15) is 25.7 Å². The van der Waals surface area contributed by atoms with Crippen molar-refractivity contribution in [2.75, 3.05) is 44.7 Å². The third-order valence-electron chi connectivity index (χ3n) is 5.66. The SMILES string of the molecule is CN1CCN(c2ccc3ncc(-c4cnn(CCCCCCN)c4)nc3c2)CC1. The van der Waals surface area contributed by atoms with Gasteiger partial charge in [-0.05, 0) is 44.6 Å². The maximum atomic E-state index is 5.55. The first-order valence-electron chi connectivity index (χ1n) is 10.7. The number of hydrogen-bond acceptors (Lipinski definition) is 6. The molecule has 0 amide bonds. The molecule has 154 valence electrons. The highest BCUT2D eigenvalue weighted by Gasteiger charge is 2.15. The molecule has 29 heavy (non-hydrogen) atoms. The zero-order valence-electron chi connectivity index (χ0n) is 17.3. The van der Waals surface area contributed by atoms with Crippen LogP contribution in [-0.4, -0.2) is 64.4 Å². The quantitative estimate of drug-likeness (QED) is 0.593. The molecule has 2 N–H and O–H groups in total. The van der Waals surface area contributed by atoms with Gasteiger partial charge < -0.3 is 15.5 Å². The monoisotopic (exact) mass is 393 g/mol. The summed E-state index contributed by atoms with van der Waals surface area (Å²) in [5.41, 5.74) is 10.5. The predicted octanol–water partition coefficient (Wildman–Crippen LogP) is 2.76. The lowest BCUT2D eigenvalue weighted by atomic mass is 10.2. The van der Waals surface area contributed by atoms with Crippen LogP contribution in [0.2, 0.25) is 0 Å². The molecular weight excluding hydrogens is 362 g/mol. The van der Waals surface area contributed by atoms with Gasteiger partial charge in [-0.1, -0.05) is 12.8 Å². The number of aryl methyl sites for hydroxylation is 1. The van der Waals surface area contributed by atoms with Crippen LogP contribution in [0.3, 0.4) is 0 Å². The van der Waals surface area contributed by atoms with E-state index < -0.39 is 0 Å². The van der Waals surface area contributed by atoms with E-state index in [1.54, 1.807) is 0 Å². The summed E-state index contributed by atoms with van der Waals surface area (Å²) >= 11 is 0. The molecule has 2 aromatic heterocycles. The van der Waals surface area contributed by atoms with Gasteiger partial charge in [-0.2, -0.15) is 5.10 Å². The van der Waals surface area contributed by atoms with Crippen LogP contribution in [0.5, 0.6) is 0 Å². The van der Waals surface area contributed by atoms with Gasteiger partial charge in [0.05, 0.1) is 29.1 Å². The number of unbranched alkanes of at least 4 members (excludes halogenated alkanes) is 3. The average molecular weight is 394 g/mol. The third kappa shape index (κ3) is 4.92. The molecule has 7 heteroatoms. The van der Waals surface area contributed by atoms with Gasteiger partial charge in [-0.3, -0.25) is 9.67 Å². The Morgan fingerprint density at radius 3 is 2.62 bits per heavy atom. The smallest absolute Gasteiger partial charge is 0.0924 e. The first kappa shape index (κ1) is 19.8. The molecule has 4 rings (SSSR count). The molecule has 0 unspecified atom stereocenters. The zero-order valence-corrected chi connectivity index (χ0v) is 17.3. The lowest BCUT2D eigenvalue weighted by molar-refractivity contribution is 0.313. The maximum Gasteiger partial charge on any atom is 0.0924 e. The number of rotatable bonds is 8. The van der Waals surface area contributed by atoms with Crippen LogP contribution in [-0.2, 0) is 6.54 Å². The number of aromatic nitrogens is 4. The molecular formula is C22H31N7. The van der Waals surface area contributed by atoms with E-state index >= 15 is 0 Å². The fourth-order valence-electron chi connectivity index (χ4n) is 3.79. The molecule has 0 aliphatic carbocycles. The summed E-state index contributed by atoms with van der Waals surface area (Å²) in [6.07, 6.45) is 10.4. The van der Waals surface area contributed by atoms with Crippen molar-refractivity contribution in [2.24, 2.45) is 5.73 Å². The number of anilines is 1. The van der Waals surface area contributed by atoms with Crippen LogP contribution in [0.4, 0.5) is 5.69 Å². The molecule has 3 aromatic rings. The number of benzene rings is 1. The second-order valence-electron chi connectivity index (χ2n) is 7.91. The number of piperazine rings is 1. The van der Waals surface area contributed by atoms with Crippen LogP contribution in [0, 0.1) is 0 Å². The standard InChI is InChI=1S/C22H31N7/c1-27-10-12-28(13-11-27)19-6-7-20-21(14-19)26-22(16-24-20)18-15-25-29(17-18)9-5-3-2-4-8-23/h6-7,14-17H,2-5,8-13,23H2,1H3. The Hall–Kier alpha value is -2.51. The molecule has 1 fully saturated rings.